The van der Waals surface area contributed by atoms with Crippen LogP contribution in [0.4, 0.5) is 4.39 Å². The van der Waals surface area contributed by atoms with Crippen molar-refractivity contribution >= 4 is 17.4 Å². The molecule has 2 rings (SSSR count). The summed E-state index contributed by atoms with van der Waals surface area (Å²) in [7, 11) is 0. The van der Waals surface area contributed by atoms with Gasteiger partial charge in [-0.3, -0.25) is 4.79 Å². The van der Waals surface area contributed by atoms with Gasteiger partial charge in [0, 0.05) is 12.8 Å². The van der Waals surface area contributed by atoms with Crippen LogP contribution in [0.3, 0.4) is 0 Å². The molecule has 0 bridgehead atoms. The van der Waals surface area contributed by atoms with Gasteiger partial charge in [-0.05, 0) is 28.7 Å². The molecule has 0 N–H and O–H groups in total. The number of carbonyl (C=O) groups is 1. The summed E-state index contributed by atoms with van der Waals surface area (Å²) in [6.07, 6.45) is 0.378. The van der Waals surface area contributed by atoms with Crippen LogP contribution in [0.1, 0.15) is 36.5 Å². The molecule has 0 unspecified atom stereocenters. The molecule has 0 spiro atoms. The van der Waals surface area contributed by atoms with Gasteiger partial charge in [0.1, 0.15) is 11.6 Å². The Balaban J connectivity index is 2.03. The predicted octanol–water partition coefficient (Wildman–Crippen LogP) is 4.96. The Morgan fingerprint density at radius 3 is 2.38 bits per heavy atom. The number of benzene rings is 2. The highest BCUT2D eigenvalue weighted by Crippen LogP contribution is 2.19. The molecule has 0 saturated heterocycles. The highest BCUT2D eigenvalue weighted by atomic mass is 35.5. The molecule has 0 aromatic heterocycles. The number of Topliss-reactive ketones (excluding diaryl/α,β-unsaturated/α-hetero) is 1. The SMILES string of the molecule is CC(C)c1ccc(CC(=O)Cc2cccc(Cl)c2F)cc1. The molecule has 0 atom stereocenters. The lowest BCUT2D eigenvalue weighted by molar-refractivity contribution is -0.117. The van der Waals surface area contributed by atoms with Crippen molar-refractivity contribution in [2.45, 2.75) is 32.6 Å². The van der Waals surface area contributed by atoms with E-state index in [-0.39, 0.29) is 17.2 Å². The number of halogens is 2. The molecule has 0 amide bonds. The smallest absolute Gasteiger partial charge is 0.145 e. The van der Waals surface area contributed by atoms with E-state index in [4.69, 9.17) is 11.6 Å². The van der Waals surface area contributed by atoms with Crippen molar-refractivity contribution in [1.82, 2.24) is 0 Å². The fourth-order valence-corrected chi connectivity index (χ4v) is 2.40. The van der Waals surface area contributed by atoms with Crippen LogP contribution >= 0.6 is 11.6 Å². The van der Waals surface area contributed by atoms with Gasteiger partial charge < -0.3 is 0 Å². The Morgan fingerprint density at radius 1 is 1.10 bits per heavy atom. The zero-order chi connectivity index (χ0) is 15.4. The zero-order valence-electron chi connectivity index (χ0n) is 12.2. The van der Waals surface area contributed by atoms with E-state index >= 15 is 0 Å². The van der Waals surface area contributed by atoms with Crippen LogP contribution in [0.5, 0.6) is 0 Å². The quantitative estimate of drug-likeness (QED) is 0.763. The summed E-state index contributed by atoms with van der Waals surface area (Å²) in [6, 6.07) is 12.7. The van der Waals surface area contributed by atoms with Crippen LogP contribution in [0.15, 0.2) is 42.5 Å². The second kappa shape index (κ2) is 6.86. The van der Waals surface area contributed by atoms with E-state index in [1.54, 1.807) is 12.1 Å². The van der Waals surface area contributed by atoms with Crippen molar-refractivity contribution in [3.05, 3.63) is 70.0 Å². The normalized spacial score (nSPS) is 10.9. The number of hydrogen-bond acceptors (Lipinski definition) is 1. The third kappa shape index (κ3) is 4.15. The largest absolute Gasteiger partial charge is 0.299 e. The minimum atomic E-state index is -0.498. The van der Waals surface area contributed by atoms with Gasteiger partial charge in [-0.2, -0.15) is 0 Å². The maximum absolute atomic E-state index is 13.8. The molecule has 3 heteroatoms. The number of ketones is 1. The summed E-state index contributed by atoms with van der Waals surface area (Å²) in [5.41, 5.74) is 2.55. The number of hydrogen-bond donors (Lipinski definition) is 0. The maximum Gasteiger partial charge on any atom is 0.145 e. The minimum absolute atomic E-state index is 0.0199. The molecule has 0 saturated carbocycles. The van der Waals surface area contributed by atoms with Crippen molar-refractivity contribution in [3.8, 4) is 0 Å². The third-order valence-electron chi connectivity index (χ3n) is 3.47. The van der Waals surface area contributed by atoms with Crippen molar-refractivity contribution in [2.75, 3.05) is 0 Å². The molecule has 0 aliphatic rings. The van der Waals surface area contributed by atoms with Gasteiger partial charge in [0.05, 0.1) is 5.02 Å². The van der Waals surface area contributed by atoms with Crippen LogP contribution in [-0.4, -0.2) is 5.78 Å². The number of rotatable bonds is 5. The van der Waals surface area contributed by atoms with E-state index < -0.39 is 5.82 Å². The van der Waals surface area contributed by atoms with Crippen LogP contribution in [0, 0.1) is 5.82 Å². The predicted molar refractivity (Wildman–Crippen MR) is 84.4 cm³/mol. The molecule has 0 aliphatic heterocycles. The first-order valence-electron chi connectivity index (χ1n) is 7.01. The first kappa shape index (κ1) is 15.7. The van der Waals surface area contributed by atoms with E-state index in [0.717, 1.165) is 5.56 Å². The van der Waals surface area contributed by atoms with Crippen molar-refractivity contribution < 1.29 is 9.18 Å². The Bertz CT molecular complexity index is 632. The zero-order valence-corrected chi connectivity index (χ0v) is 13.0. The van der Waals surface area contributed by atoms with Crippen molar-refractivity contribution in [3.63, 3.8) is 0 Å². The van der Waals surface area contributed by atoms with Crippen LogP contribution in [0.2, 0.25) is 5.02 Å². The molecule has 0 heterocycles. The minimum Gasteiger partial charge on any atom is -0.299 e. The Hall–Kier alpha value is -1.67. The lowest BCUT2D eigenvalue weighted by Gasteiger charge is -2.07. The van der Waals surface area contributed by atoms with Gasteiger partial charge in [-0.25, -0.2) is 4.39 Å². The molecular formula is C18H18ClFO. The Morgan fingerprint density at radius 2 is 1.76 bits per heavy atom. The Labute approximate surface area is 129 Å². The molecule has 110 valence electrons. The van der Waals surface area contributed by atoms with Crippen molar-refractivity contribution in [1.29, 1.82) is 0 Å². The average molecular weight is 305 g/mol. The fourth-order valence-electron chi connectivity index (χ4n) is 2.21. The monoisotopic (exact) mass is 304 g/mol. The molecule has 21 heavy (non-hydrogen) atoms. The highest BCUT2D eigenvalue weighted by molar-refractivity contribution is 6.30. The highest BCUT2D eigenvalue weighted by Gasteiger charge is 2.11. The molecule has 0 fully saturated rings. The van der Waals surface area contributed by atoms with Gasteiger partial charge in [0.2, 0.25) is 0 Å². The third-order valence-corrected chi connectivity index (χ3v) is 3.76. The van der Waals surface area contributed by atoms with E-state index in [2.05, 4.69) is 13.8 Å². The topological polar surface area (TPSA) is 17.1 Å². The summed E-state index contributed by atoms with van der Waals surface area (Å²) >= 11 is 5.72. The molecule has 2 aromatic rings. The van der Waals surface area contributed by atoms with Crippen LogP contribution in [0.25, 0.3) is 0 Å². The fraction of sp³-hybridized carbons (Fsp3) is 0.278. The first-order chi connectivity index (χ1) is 9.97. The summed E-state index contributed by atoms with van der Waals surface area (Å²) in [5, 5.41) is 0.0570. The van der Waals surface area contributed by atoms with Crippen LogP contribution < -0.4 is 0 Å². The van der Waals surface area contributed by atoms with E-state index in [1.807, 2.05) is 24.3 Å². The molecule has 1 nitrogen and oxygen atoms in total. The van der Waals surface area contributed by atoms with Gasteiger partial charge in [0.15, 0.2) is 0 Å². The summed E-state index contributed by atoms with van der Waals surface area (Å²) in [5.74, 6) is -0.0496. The first-order valence-corrected chi connectivity index (χ1v) is 7.38. The van der Waals surface area contributed by atoms with Crippen molar-refractivity contribution in [2.24, 2.45) is 0 Å². The summed E-state index contributed by atoms with van der Waals surface area (Å²) in [6.45, 7) is 4.25. The Kier molecular flexibility index (Phi) is 5.13. The molecular weight excluding hydrogens is 287 g/mol. The molecule has 0 radical (unpaired) electrons. The van der Waals surface area contributed by atoms with Gasteiger partial charge >= 0.3 is 0 Å². The molecule has 0 aliphatic carbocycles. The van der Waals surface area contributed by atoms with Gasteiger partial charge in [-0.15, -0.1) is 0 Å². The van der Waals surface area contributed by atoms with Crippen LogP contribution in [-0.2, 0) is 17.6 Å². The summed E-state index contributed by atoms with van der Waals surface area (Å²) in [4.78, 5) is 12.1. The lowest BCUT2D eigenvalue weighted by atomic mass is 9.98. The van der Waals surface area contributed by atoms with Gasteiger partial charge in [0.25, 0.3) is 0 Å². The summed E-state index contributed by atoms with van der Waals surface area (Å²) < 4.78 is 13.8. The van der Waals surface area contributed by atoms with Gasteiger partial charge in [-0.1, -0.05) is 61.8 Å². The van der Waals surface area contributed by atoms with E-state index in [9.17, 15) is 9.18 Å². The van der Waals surface area contributed by atoms with E-state index in [1.165, 1.54) is 11.6 Å². The number of carbonyl (C=O) groups excluding carboxylic acids is 1. The molecule has 2 aromatic carbocycles. The lowest BCUT2D eigenvalue weighted by Crippen LogP contribution is -2.08. The second-order valence-electron chi connectivity index (χ2n) is 5.50. The second-order valence-corrected chi connectivity index (χ2v) is 5.91. The average Bonchev–Trinajstić information content (AvgIpc) is 2.44. The van der Waals surface area contributed by atoms with E-state index in [0.29, 0.717) is 17.9 Å². The maximum atomic E-state index is 13.8. The standard InChI is InChI=1S/C18H18ClFO/c1-12(2)14-8-6-13(7-9-14)10-16(21)11-15-4-3-5-17(19)18(15)20/h3-9,12H,10-11H2,1-2H3.